The molecule has 0 radical (unpaired) electrons. The first-order valence-corrected chi connectivity index (χ1v) is 9.65. The second-order valence-electron chi connectivity index (χ2n) is 6.78. The largest absolute Gasteiger partial charge is 0.416 e. The minimum absolute atomic E-state index is 0. The van der Waals surface area contributed by atoms with Gasteiger partial charge in [0.15, 0.2) is 11.6 Å². The third-order valence-electron chi connectivity index (χ3n) is 4.51. The Balaban J connectivity index is 0.00000306. The first-order chi connectivity index (χ1) is 15.2. The second kappa shape index (κ2) is 9.63. The molecule has 1 atom stereocenters. The van der Waals surface area contributed by atoms with Crippen molar-refractivity contribution < 1.29 is 18.0 Å². The maximum Gasteiger partial charge on any atom is 0.416 e. The van der Waals surface area contributed by atoms with Gasteiger partial charge in [0.05, 0.1) is 23.5 Å². The summed E-state index contributed by atoms with van der Waals surface area (Å²) in [6, 6.07) is 7.26. The van der Waals surface area contributed by atoms with E-state index in [1.165, 1.54) is 17.1 Å². The molecule has 0 aliphatic rings. The highest BCUT2D eigenvalue weighted by Crippen LogP contribution is 2.32. The van der Waals surface area contributed by atoms with Crippen molar-refractivity contribution in [3.8, 4) is 11.5 Å². The number of alkyl halides is 3. The number of carbonyl (C=O) groups is 1. The molecule has 0 aliphatic heterocycles. The molecule has 8 nitrogen and oxygen atoms in total. The van der Waals surface area contributed by atoms with E-state index in [2.05, 4.69) is 25.5 Å². The Bertz CT molecular complexity index is 1240. The summed E-state index contributed by atoms with van der Waals surface area (Å²) in [6.45, 7) is 1.63. The molecule has 0 fully saturated rings. The van der Waals surface area contributed by atoms with Gasteiger partial charge in [0.25, 0.3) is 5.91 Å². The molecule has 33 heavy (non-hydrogen) atoms. The number of aromatic nitrogens is 6. The Hall–Kier alpha value is -3.38. The molecule has 4 aromatic rings. The number of carbonyl (C=O) groups excluding carboxylic acids is 1. The lowest BCUT2D eigenvalue weighted by Crippen LogP contribution is -2.29. The zero-order chi connectivity index (χ0) is 22.9. The van der Waals surface area contributed by atoms with Gasteiger partial charge in [-0.2, -0.15) is 41.5 Å². The van der Waals surface area contributed by atoms with Crippen molar-refractivity contribution in [3.63, 3.8) is 0 Å². The molecule has 13 heteroatoms. The van der Waals surface area contributed by atoms with Crippen LogP contribution >= 0.6 is 25.1 Å². The van der Waals surface area contributed by atoms with Gasteiger partial charge in [-0.3, -0.25) is 4.79 Å². The summed E-state index contributed by atoms with van der Waals surface area (Å²) < 4.78 is 42.2. The fourth-order valence-corrected chi connectivity index (χ4v) is 3.25. The van der Waals surface area contributed by atoms with Gasteiger partial charge >= 0.3 is 6.18 Å². The molecule has 0 spiro atoms. The van der Waals surface area contributed by atoms with Crippen LogP contribution in [-0.4, -0.2) is 35.4 Å². The number of nitrogens with zero attached hydrogens (tertiary/aromatic N) is 6. The number of halogens is 4. The van der Waals surface area contributed by atoms with Crippen LogP contribution in [0.15, 0.2) is 61.3 Å². The molecule has 0 saturated carbocycles. The molecule has 0 saturated heterocycles. The van der Waals surface area contributed by atoms with Gasteiger partial charge in [0.2, 0.25) is 0 Å². The van der Waals surface area contributed by atoms with E-state index < -0.39 is 23.7 Å². The molecular weight excluding hydrogens is 479 g/mol. The van der Waals surface area contributed by atoms with E-state index in [-0.39, 0.29) is 24.1 Å². The maximum absolute atomic E-state index is 13.0. The summed E-state index contributed by atoms with van der Waals surface area (Å²) in [4.78, 5) is 21.1. The fraction of sp³-hybridized carbons (Fsp3) is 0.150. The number of benzene rings is 1. The van der Waals surface area contributed by atoms with Gasteiger partial charge in [-0.15, -0.1) is 0 Å². The maximum atomic E-state index is 13.0. The zero-order valence-electron chi connectivity index (χ0n) is 17.0. The van der Waals surface area contributed by atoms with Crippen molar-refractivity contribution in [2.75, 3.05) is 0 Å². The number of amides is 1. The van der Waals surface area contributed by atoms with Crippen LogP contribution < -0.4 is 5.32 Å². The highest BCUT2D eigenvalue weighted by molar-refractivity contribution is 7.59. The van der Waals surface area contributed by atoms with Gasteiger partial charge in [-0.1, -0.05) is 11.6 Å². The average molecular weight is 496 g/mol. The molecule has 4 rings (SSSR count). The zero-order valence-corrected chi connectivity index (χ0v) is 18.7. The van der Waals surface area contributed by atoms with E-state index >= 15 is 0 Å². The Kier molecular flexibility index (Phi) is 7.08. The Morgan fingerprint density at radius 1 is 1.15 bits per heavy atom. The molecule has 1 amide bonds. The molecular formula is C20H17ClF3N7OS. The molecule has 3 aromatic heterocycles. The standard InChI is InChI=1S/C20H15ClF3N7O.H2S/c1-12(29-19(32)13-7-14(20(22,23)24)9-15(21)8-13)18-26-11-28-31(18)17-4-3-16(10-25-17)30-6-2-5-27-30;/h2-12H,1H3,(H,29,32);1H2/t12-;/m0./s1. The van der Waals surface area contributed by atoms with E-state index in [1.807, 2.05) is 0 Å². The van der Waals surface area contributed by atoms with E-state index in [1.54, 1.807) is 48.4 Å². The van der Waals surface area contributed by atoms with E-state index in [0.717, 1.165) is 17.8 Å². The number of nitrogens with one attached hydrogen (secondary N) is 1. The van der Waals surface area contributed by atoms with Crippen LogP contribution in [0.3, 0.4) is 0 Å². The summed E-state index contributed by atoms with van der Waals surface area (Å²) in [5.41, 5.74) is -0.486. The topological polar surface area (TPSA) is 90.5 Å². The average Bonchev–Trinajstić information content (AvgIpc) is 3.45. The van der Waals surface area contributed by atoms with Crippen LogP contribution in [0.2, 0.25) is 5.02 Å². The van der Waals surface area contributed by atoms with Gasteiger partial charge < -0.3 is 5.32 Å². The van der Waals surface area contributed by atoms with Crippen LogP contribution in [0.25, 0.3) is 11.5 Å². The van der Waals surface area contributed by atoms with Gasteiger partial charge in [-0.25, -0.2) is 14.6 Å². The van der Waals surface area contributed by atoms with Crippen molar-refractivity contribution >= 4 is 31.0 Å². The summed E-state index contributed by atoms with van der Waals surface area (Å²) in [6.07, 6.45) is 1.68. The Morgan fingerprint density at radius 3 is 2.58 bits per heavy atom. The monoisotopic (exact) mass is 495 g/mol. The minimum Gasteiger partial charge on any atom is -0.342 e. The third kappa shape index (κ3) is 5.34. The van der Waals surface area contributed by atoms with Crippen molar-refractivity contribution in [2.45, 2.75) is 19.1 Å². The fourth-order valence-electron chi connectivity index (χ4n) is 3.01. The lowest BCUT2D eigenvalue weighted by Gasteiger charge is -2.15. The number of pyridine rings is 1. The summed E-state index contributed by atoms with van der Waals surface area (Å²) in [7, 11) is 0. The highest BCUT2D eigenvalue weighted by atomic mass is 35.5. The lowest BCUT2D eigenvalue weighted by molar-refractivity contribution is -0.137. The van der Waals surface area contributed by atoms with Crippen LogP contribution in [0.1, 0.15) is 34.7 Å². The predicted octanol–water partition coefficient (Wildman–Crippen LogP) is 4.12. The van der Waals surface area contributed by atoms with Gasteiger partial charge in [-0.05, 0) is 43.3 Å². The van der Waals surface area contributed by atoms with Crippen molar-refractivity contribution in [1.82, 2.24) is 34.8 Å². The normalized spacial score (nSPS) is 12.2. The molecule has 0 bridgehead atoms. The Labute approximate surface area is 197 Å². The van der Waals surface area contributed by atoms with E-state index in [9.17, 15) is 18.0 Å². The van der Waals surface area contributed by atoms with E-state index in [0.29, 0.717) is 11.6 Å². The smallest absolute Gasteiger partial charge is 0.342 e. The molecule has 3 heterocycles. The Morgan fingerprint density at radius 2 is 1.94 bits per heavy atom. The molecule has 1 N–H and O–H groups in total. The molecule has 172 valence electrons. The predicted molar refractivity (Wildman–Crippen MR) is 119 cm³/mol. The van der Waals surface area contributed by atoms with Crippen LogP contribution in [0.5, 0.6) is 0 Å². The van der Waals surface area contributed by atoms with Crippen molar-refractivity contribution in [3.05, 3.63) is 83.3 Å². The van der Waals surface area contributed by atoms with Gasteiger partial charge in [0.1, 0.15) is 6.33 Å². The van der Waals surface area contributed by atoms with Crippen LogP contribution in [-0.2, 0) is 6.18 Å². The highest BCUT2D eigenvalue weighted by Gasteiger charge is 2.32. The van der Waals surface area contributed by atoms with Crippen LogP contribution in [0, 0.1) is 0 Å². The lowest BCUT2D eigenvalue weighted by atomic mass is 10.1. The quantitative estimate of drug-likeness (QED) is 0.449. The molecule has 0 aliphatic carbocycles. The molecule has 1 aromatic carbocycles. The summed E-state index contributed by atoms with van der Waals surface area (Å²) >= 11 is 5.77. The number of hydrogen-bond acceptors (Lipinski definition) is 5. The molecule has 0 unspecified atom stereocenters. The van der Waals surface area contributed by atoms with Gasteiger partial charge in [0, 0.05) is 23.0 Å². The minimum atomic E-state index is -4.63. The first kappa shape index (κ1) is 24.3. The second-order valence-corrected chi connectivity index (χ2v) is 7.21. The van der Waals surface area contributed by atoms with Crippen LogP contribution in [0.4, 0.5) is 13.2 Å². The summed E-state index contributed by atoms with van der Waals surface area (Å²) in [5.74, 6) is 0.0504. The number of rotatable bonds is 5. The van der Waals surface area contributed by atoms with Crippen molar-refractivity contribution in [2.24, 2.45) is 0 Å². The number of hydrogen-bond donors (Lipinski definition) is 1. The first-order valence-electron chi connectivity index (χ1n) is 9.27. The van der Waals surface area contributed by atoms with E-state index in [4.69, 9.17) is 11.6 Å². The SMILES string of the molecule is C[C@H](NC(=O)c1cc(Cl)cc(C(F)(F)F)c1)c1ncnn1-c1ccc(-n2cccn2)cn1.S. The van der Waals surface area contributed by atoms with Crippen molar-refractivity contribution in [1.29, 1.82) is 0 Å². The third-order valence-corrected chi connectivity index (χ3v) is 4.73. The summed E-state index contributed by atoms with van der Waals surface area (Å²) in [5, 5.41) is 10.7.